The largest absolute Gasteiger partial charge is 0.772 e. The zero-order chi connectivity index (χ0) is 19.7. The highest BCUT2D eigenvalue weighted by Gasteiger charge is 2.26. The van der Waals surface area contributed by atoms with Crippen molar-refractivity contribution in [3.05, 3.63) is 72.2 Å². The van der Waals surface area contributed by atoms with Gasteiger partial charge in [0.25, 0.3) is 5.91 Å². The van der Waals surface area contributed by atoms with E-state index in [0.717, 1.165) is 28.1 Å². The molecule has 2 heterocycles. The van der Waals surface area contributed by atoms with Crippen LogP contribution in [0.1, 0.15) is 23.0 Å². The number of nitrogens with zero attached hydrogens (tertiary/aromatic N) is 2. The van der Waals surface area contributed by atoms with Gasteiger partial charge in [0.05, 0.1) is 24.2 Å². The molecule has 0 saturated heterocycles. The fourth-order valence-corrected chi connectivity index (χ4v) is 3.68. The highest BCUT2D eigenvalue weighted by Crippen LogP contribution is 2.37. The van der Waals surface area contributed by atoms with Crippen LogP contribution in [0.3, 0.4) is 0 Å². The molecule has 0 bridgehead atoms. The molecule has 0 aliphatic carbocycles. The van der Waals surface area contributed by atoms with E-state index in [2.05, 4.69) is 4.99 Å². The van der Waals surface area contributed by atoms with E-state index in [1.165, 1.54) is 6.26 Å². The number of fused-ring (bicyclic) bond motifs is 1. The number of rotatable bonds is 4. The van der Waals surface area contributed by atoms with Gasteiger partial charge in [0, 0.05) is 11.5 Å². The molecule has 0 N–H and O–H groups in total. The molecule has 7 heteroatoms. The Morgan fingerprint density at radius 2 is 1.93 bits per heavy atom. The summed E-state index contributed by atoms with van der Waals surface area (Å²) in [5.41, 5.74) is 4.86. The van der Waals surface area contributed by atoms with Gasteiger partial charge in [0.1, 0.15) is 0 Å². The molecule has 4 rings (SSSR count). The number of carbonyl (C=O) groups is 1. The van der Waals surface area contributed by atoms with Gasteiger partial charge in [-0.05, 0) is 47.9 Å². The van der Waals surface area contributed by atoms with Crippen LogP contribution in [-0.2, 0) is 16.8 Å². The molecule has 0 spiro atoms. The smallest absolute Gasteiger partial charge is 0.294 e. The molecule has 3 aromatic rings. The number of hydrogen-bond donors (Lipinski definition) is 0. The van der Waals surface area contributed by atoms with Crippen molar-refractivity contribution in [3.8, 4) is 11.1 Å². The van der Waals surface area contributed by atoms with Crippen molar-refractivity contribution >= 4 is 34.1 Å². The summed E-state index contributed by atoms with van der Waals surface area (Å²) in [7, 11) is 0. The zero-order valence-electron chi connectivity index (χ0n) is 15.1. The lowest BCUT2D eigenvalue weighted by atomic mass is 10.0. The van der Waals surface area contributed by atoms with Gasteiger partial charge in [-0.3, -0.25) is 18.9 Å². The van der Waals surface area contributed by atoms with Crippen molar-refractivity contribution in [2.24, 2.45) is 4.99 Å². The molecule has 1 unspecified atom stereocenters. The van der Waals surface area contributed by atoms with Gasteiger partial charge in [-0.1, -0.05) is 41.4 Å². The summed E-state index contributed by atoms with van der Waals surface area (Å²) in [6, 6.07) is 16.4. The molecule has 1 aliphatic heterocycles. The SMILES string of the molecule is CC1=Nc2ccc(-c3ccc(CS(=O)[O-])cc3)cc2N(C(=O)c2ccco2)C1. The lowest BCUT2D eigenvalue weighted by Gasteiger charge is -2.27. The van der Waals surface area contributed by atoms with Crippen LogP contribution < -0.4 is 4.90 Å². The summed E-state index contributed by atoms with van der Waals surface area (Å²) in [5, 5.41) is 0. The molecule has 0 radical (unpaired) electrons. The minimum Gasteiger partial charge on any atom is -0.772 e. The summed E-state index contributed by atoms with van der Waals surface area (Å²) in [6.07, 6.45) is 1.48. The number of hydrogen-bond acceptors (Lipinski definition) is 5. The molecule has 1 aliphatic rings. The Balaban J connectivity index is 1.70. The van der Waals surface area contributed by atoms with E-state index >= 15 is 0 Å². The van der Waals surface area contributed by atoms with Crippen LogP contribution in [0.5, 0.6) is 0 Å². The van der Waals surface area contributed by atoms with E-state index in [4.69, 9.17) is 4.42 Å². The zero-order valence-corrected chi connectivity index (χ0v) is 15.9. The third-order valence-corrected chi connectivity index (χ3v) is 5.08. The molecule has 0 saturated carbocycles. The van der Waals surface area contributed by atoms with Crippen molar-refractivity contribution in [2.45, 2.75) is 12.7 Å². The molecule has 28 heavy (non-hydrogen) atoms. The van der Waals surface area contributed by atoms with E-state index in [1.54, 1.807) is 29.2 Å². The first-order valence-electron chi connectivity index (χ1n) is 8.70. The van der Waals surface area contributed by atoms with Crippen molar-refractivity contribution < 1.29 is 18.0 Å². The number of amides is 1. The Hall–Kier alpha value is -3.03. The second kappa shape index (κ2) is 7.53. The van der Waals surface area contributed by atoms with Crippen LogP contribution in [0, 0.1) is 0 Å². The number of aliphatic imine (C=N–C) groups is 1. The number of benzene rings is 2. The second-order valence-electron chi connectivity index (χ2n) is 6.56. The minimum absolute atomic E-state index is 0.0100. The van der Waals surface area contributed by atoms with E-state index in [1.807, 2.05) is 37.3 Å². The molecular weight excluding hydrogens is 376 g/mol. The maximum absolute atomic E-state index is 12.9. The summed E-state index contributed by atoms with van der Waals surface area (Å²) in [6.45, 7) is 2.28. The lowest BCUT2D eigenvalue weighted by Crippen LogP contribution is -2.36. The van der Waals surface area contributed by atoms with Crippen LogP contribution in [0.4, 0.5) is 11.4 Å². The minimum atomic E-state index is -2.12. The Bertz CT molecular complexity index is 1070. The van der Waals surface area contributed by atoms with Gasteiger partial charge in [-0.2, -0.15) is 0 Å². The van der Waals surface area contributed by atoms with E-state index in [-0.39, 0.29) is 17.4 Å². The van der Waals surface area contributed by atoms with Crippen LogP contribution in [-0.4, -0.2) is 26.9 Å². The fraction of sp³-hybridized carbons (Fsp3) is 0.143. The normalized spacial score (nSPS) is 14.4. The van der Waals surface area contributed by atoms with Gasteiger partial charge < -0.3 is 8.97 Å². The Labute approximate surface area is 164 Å². The van der Waals surface area contributed by atoms with Crippen LogP contribution in [0.2, 0.25) is 0 Å². The third-order valence-electron chi connectivity index (χ3n) is 4.51. The third kappa shape index (κ3) is 3.67. The standard InChI is InChI=1S/C21H18N2O4S/c1-14-12-23(21(24)20-3-2-10-27-20)19-11-17(8-9-18(19)22-14)16-6-4-15(5-7-16)13-28(25)26/h2-11H,12-13H2,1H3,(H,25,26)/p-1. The number of carbonyl (C=O) groups excluding carboxylic acids is 1. The summed E-state index contributed by atoms with van der Waals surface area (Å²) < 4.78 is 27.0. The fourth-order valence-electron chi connectivity index (χ4n) is 3.21. The predicted octanol–water partition coefficient (Wildman–Crippen LogP) is 4.08. The van der Waals surface area contributed by atoms with Gasteiger partial charge in [-0.15, -0.1) is 0 Å². The Morgan fingerprint density at radius 1 is 1.18 bits per heavy atom. The molecular formula is C21H17N2O4S-. The molecule has 0 fully saturated rings. The van der Waals surface area contributed by atoms with E-state index in [0.29, 0.717) is 12.2 Å². The number of furan rings is 1. The molecule has 142 valence electrons. The first-order chi connectivity index (χ1) is 13.5. The topological polar surface area (TPSA) is 85.9 Å². The first kappa shape index (κ1) is 18.3. The van der Waals surface area contributed by atoms with E-state index < -0.39 is 11.1 Å². The first-order valence-corrected chi connectivity index (χ1v) is 9.94. The number of anilines is 1. The quantitative estimate of drug-likeness (QED) is 0.625. The Morgan fingerprint density at radius 3 is 2.61 bits per heavy atom. The summed E-state index contributed by atoms with van der Waals surface area (Å²) in [5.74, 6) is 0.0520. The highest BCUT2D eigenvalue weighted by atomic mass is 32.2. The molecule has 1 aromatic heterocycles. The maximum atomic E-state index is 12.9. The Kier molecular flexibility index (Phi) is 4.93. The van der Waals surface area contributed by atoms with Crippen LogP contribution in [0.25, 0.3) is 11.1 Å². The van der Waals surface area contributed by atoms with Crippen LogP contribution in [0.15, 0.2) is 70.3 Å². The second-order valence-corrected chi connectivity index (χ2v) is 7.46. The highest BCUT2D eigenvalue weighted by molar-refractivity contribution is 7.78. The molecule has 1 atom stereocenters. The van der Waals surface area contributed by atoms with Crippen molar-refractivity contribution in [1.29, 1.82) is 0 Å². The lowest BCUT2D eigenvalue weighted by molar-refractivity contribution is 0.0963. The molecule has 2 aromatic carbocycles. The van der Waals surface area contributed by atoms with E-state index in [9.17, 15) is 13.6 Å². The average molecular weight is 393 g/mol. The predicted molar refractivity (Wildman–Crippen MR) is 108 cm³/mol. The molecule has 1 amide bonds. The molecule has 6 nitrogen and oxygen atoms in total. The van der Waals surface area contributed by atoms with Crippen molar-refractivity contribution in [2.75, 3.05) is 11.4 Å². The van der Waals surface area contributed by atoms with Gasteiger partial charge >= 0.3 is 0 Å². The van der Waals surface area contributed by atoms with Gasteiger partial charge in [0.2, 0.25) is 0 Å². The van der Waals surface area contributed by atoms with Gasteiger partial charge in [0.15, 0.2) is 5.76 Å². The maximum Gasteiger partial charge on any atom is 0.294 e. The van der Waals surface area contributed by atoms with Crippen molar-refractivity contribution in [1.82, 2.24) is 0 Å². The average Bonchev–Trinajstić information content (AvgIpc) is 3.21. The summed E-state index contributed by atoms with van der Waals surface area (Å²) in [4.78, 5) is 19.1. The summed E-state index contributed by atoms with van der Waals surface area (Å²) >= 11 is -2.12. The van der Waals surface area contributed by atoms with Crippen molar-refractivity contribution in [3.63, 3.8) is 0 Å². The monoisotopic (exact) mass is 393 g/mol. The van der Waals surface area contributed by atoms with Crippen LogP contribution >= 0.6 is 0 Å². The van der Waals surface area contributed by atoms with Gasteiger partial charge in [-0.25, -0.2) is 0 Å².